The molecule has 4 nitrogen and oxygen atoms in total. The average molecular weight is 249 g/mol. The van der Waals surface area contributed by atoms with Gasteiger partial charge in [-0.05, 0) is 37.7 Å². The summed E-state index contributed by atoms with van der Waals surface area (Å²) in [6, 6.07) is 1.67. The van der Waals surface area contributed by atoms with Crippen LogP contribution in [0.1, 0.15) is 39.7 Å². The lowest BCUT2D eigenvalue weighted by atomic mass is 9.97. The summed E-state index contributed by atoms with van der Waals surface area (Å²) in [5, 5.41) is 4.15. The molecule has 0 bridgehead atoms. The van der Waals surface area contributed by atoms with Crippen LogP contribution in [0.25, 0.3) is 0 Å². The Labute approximate surface area is 109 Å². The summed E-state index contributed by atoms with van der Waals surface area (Å²) < 4.78 is 1.73. The zero-order valence-corrected chi connectivity index (χ0v) is 11.5. The minimum absolute atomic E-state index is 0.183. The molecule has 2 heterocycles. The summed E-state index contributed by atoms with van der Waals surface area (Å²) >= 11 is 0. The van der Waals surface area contributed by atoms with Gasteiger partial charge in [0, 0.05) is 25.5 Å². The first-order valence-corrected chi connectivity index (χ1v) is 6.86. The third kappa shape index (κ3) is 2.92. The number of likely N-dealkylation sites (tertiary alicyclic amines) is 1. The number of aromatic nitrogens is 2. The molecule has 1 amide bonds. The molecule has 0 aliphatic carbocycles. The standard InChI is InChI=1S/C14H23N3O/c1-11(2)9-13-5-8-16(10-13)14(18)12(3)17-7-4-6-15-17/h4,6-7,11-13H,5,8-10H2,1-3H3/t12-,13+/m0/s1. The van der Waals surface area contributed by atoms with E-state index in [1.807, 2.05) is 24.1 Å². The molecule has 1 fully saturated rings. The summed E-state index contributed by atoms with van der Waals surface area (Å²) in [6.45, 7) is 8.24. The zero-order valence-electron chi connectivity index (χ0n) is 11.5. The van der Waals surface area contributed by atoms with Gasteiger partial charge in [-0.15, -0.1) is 0 Å². The molecule has 0 aromatic carbocycles. The zero-order chi connectivity index (χ0) is 13.1. The Morgan fingerprint density at radius 2 is 2.22 bits per heavy atom. The molecular weight excluding hydrogens is 226 g/mol. The Hall–Kier alpha value is -1.32. The highest BCUT2D eigenvalue weighted by Gasteiger charge is 2.29. The Bertz CT molecular complexity index is 386. The van der Waals surface area contributed by atoms with Crippen molar-refractivity contribution >= 4 is 5.91 Å². The highest BCUT2D eigenvalue weighted by atomic mass is 16.2. The van der Waals surface area contributed by atoms with E-state index < -0.39 is 0 Å². The van der Waals surface area contributed by atoms with Crippen molar-refractivity contribution in [3.8, 4) is 0 Å². The molecule has 1 aliphatic heterocycles. The van der Waals surface area contributed by atoms with E-state index in [2.05, 4.69) is 18.9 Å². The van der Waals surface area contributed by atoms with Crippen LogP contribution in [-0.2, 0) is 4.79 Å². The molecule has 0 N–H and O–H groups in total. The maximum absolute atomic E-state index is 12.3. The van der Waals surface area contributed by atoms with Gasteiger partial charge in [0.1, 0.15) is 6.04 Å². The largest absolute Gasteiger partial charge is 0.341 e. The van der Waals surface area contributed by atoms with Gasteiger partial charge in [0.25, 0.3) is 0 Å². The molecule has 1 aromatic heterocycles. The fourth-order valence-corrected chi connectivity index (χ4v) is 2.78. The summed E-state index contributed by atoms with van der Waals surface area (Å²) in [6.07, 6.45) is 5.94. The number of nitrogens with zero attached hydrogens (tertiary/aromatic N) is 3. The number of rotatable bonds is 4. The Morgan fingerprint density at radius 1 is 1.44 bits per heavy atom. The maximum Gasteiger partial charge on any atom is 0.247 e. The molecule has 4 heteroatoms. The van der Waals surface area contributed by atoms with Crippen molar-refractivity contribution in [2.75, 3.05) is 13.1 Å². The lowest BCUT2D eigenvalue weighted by Gasteiger charge is -2.21. The first kappa shape index (κ1) is 13.1. The molecule has 0 saturated carbocycles. The summed E-state index contributed by atoms with van der Waals surface area (Å²) in [5.41, 5.74) is 0. The second-order valence-electron chi connectivity index (χ2n) is 5.73. The lowest BCUT2D eigenvalue weighted by Crippen LogP contribution is -2.34. The van der Waals surface area contributed by atoms with Crippen LogP contribution >= 0.6 is 0 Å². The average Bonchev–Trinajstić information content (AvgIpc) is 2.96. The topological polar surface area (TPSA) is 38.1 Å². The van der Waals surface area contributed by atoms with Crippen molar-refractivity contribution < 1.29 is 4.79 Å². The molecular formula is C14H23N3O. The molecule has 1 aliphatic rings. The minimum Gasteiger partial charge on any atom is -0.341 e. The quantitative estimate of drug-likeness (QED) is 0.821. The predicted molar refractivity (Wildman–Crippen MR) is 71.1 cm³/mol. The summed E-state index contributed by atoms with van der Waals surface area (Å²) in [7, 11) is 0. The highest BCUT2D eigenvalue weighted by Crippen LogP contribution is 2.25. The second-order valence-corrected chi connectivity index (χ2v) is 5.73. The van der Waals surface area contributed by atoms with Crippen molar-refractivity contribution in [3.63, 3.8) is 0 Å². The molecule has 1 saturated heterocycles. The van der Waals surface area contributed by atoms with Gasteiger partial charge < -0.3 is 4.90 Å². The van der Waals surface area contributed by atoms with Crippen molar-refractivity contribution in [3.05, 3.63) is 18.5 Å². The summed E-state index contributed by atoms with van der Waals surface area (Å²) in [4.78, 5) is 14.3. The van der Waals surface area contributed by atoms with Crippen LogP contribution in [0.4, 0.5) is 0 Å². The van der Waals surface area contributed by atoms with Gasteiger partial charge in [0.2, 0.25) is 5.91 Å². The monoisotopic (exact) mass is 249 g/mol. The van der Waals surface area contributed by atoms with Crippen molar-refractivity contribution in [1.82, 2.24) is 14.7 Å². The molecule has 0 spiro atoms. The van der Waals surface area contributed by atoms with E-state index in [1.54, 1.807) is 10.9 Å². The van der Waals surface area contributed by atoms with Crippen LogP contribution in [0.5, 0.6) is 0 Å². The smallest absolute Gasteiger partial charge is 0.247 e. The third-order valence-corrected chi connectivity index (χ3v) is 3.68. The van der Waals surface area contributed by atoms with Crippen LogP contribution in [-0.4, -0.2) is 33.7 Å². The minimum atomic E-state index is -0.183. The van der Waals surface area contributed by atoms with Crippen molar-refractivity contribution in [2.45, 2.75) is 39.7 Å². The molecule has 0 unspecified atom stereocenters. The van der Waals surface area contributed by atoms with E-state index in [4.69, 9.17) is 0 Å². The van der Waals surface area contributed by atoms with E-state index in [-0.39, 0.29) is 11.9 Å². The highest BCUT2D eigenvalue weighted by molar-refractivity contribution is 5.80. The first-order valence-electron chi connectivity index (χ1n) is 6.86. The number of carbonyl (C=O) groups excluding carboxylic acids is 1. The third-order valence-electron chi connectivity index (χ3n) is 3.68. The maximum atomic E-state index is 12.3. The van der Waals surface area contributed by atoms with Gasteiger partial charge in [-0.3, -0.25) is 9.48 Å². The van der Waals surface area contributed by atoms with Gasteiger partial charge in [-0.25, -0.2) is 0 Å². The molecule has 18 heavy (non-hydrogen) atoms. The van der Waals surface area contributed by atoms with Crippen molar-refractivity contribution in [1.29, 1.82) is 0 Å². The van der Waals surface area contributed by atoms with Gasteiger partial charge in [0.15, 0.2) is 0 Å². The van der Waals surface area contributed by atoms with Gasteiger partial charge in [-0.2, -0.15) is 5.10 Å². The van der Waals surface area contributed by atoms with Gasteiger partial charge in [-0.1, -0.05) is 13.8 Å². The van der Waals surface area contributed by atoms with Crippen LogP contribution < -0.4 is 0 Å². The normalized spacial score (nSPS) is 21.6. The SMILES string of the molecule is CC(C)C[C@H]1CCN(C(=O)[C@H](C)n2cccn2)C1. The number of hydrogen-bond donors (Lipinski definition) is 0. The molecule has 100 valence electrons. The lowest BCUT2D eigenvalue weighted by molar-refractivity contribution is -0.133. The summed E-state index contributed by atoms with van der Waals surface area (Å²) in [5.74, 6) is 1.59. The van der Waals surface area contributed by atoms with Gasteiger partial charge in [0.05, 0.1) is 0 Å². The van der Waals surface area contributed by atoms with Crippen LogP contribution in [0.15, 0.2) is 18.5 Å². The van der Waals surface area contributed by atoms with E-state index in [9.17, 15) is 4.79 Å². The van der Waals surface area contributed by atoms with Crippen LogP contribution in [0.2, 0.25) is 0 Å². The molecule has 2 atom stereocenters. The first-order chi connectivity index (χ1) is 8.58. The molecule has 1 aromatic rings. The molecule has 2 rings (SSSR count). The molecule has 0 radical (unpaired) electrons. The van der Waals surface area contributed by atoms with E-state index in [0.29, 0.717) is 11.8 Å². The number of hydrogen-bond acceptors (Lipinski definition) is 2. The van der Waals surface area contributed by atoms with Crippen LogP contribution in [0.3, 0.4) is 0 Å². The Morgan fingerprint density at radius 3 is 2.83 bits per heavy atom. The fraction of sp³-hybridized carbons (Fsp3) is 0.714. The van der Waals surface area contributed by atoms with E-state index in [0.717, 1.165) is 19.5 Å². The second kappa shape index (κ2) is 5.55. The number of amides is 1. The van der Waals surface area contributed by atoms with E-state index >= 15 is 0 Å². The van der Waals surface area contributed by atoms with Crippen molar-refractivity contribution in [2.24, 2.45) is 11.8 Å². The van der Waals surface area contributed by atoms with Crippen LogP contribution in [0, 0.1) is 11.8 Å². The van der Waals surface area contributed by atoms with E-state index in [1.165, 1.54) is 6.42 Å². The van der Waals surface area contributed by atoms with Gasteiger partial charge >= 0.3 is 0 Å². The fourth-order valence-electron chi connectivity index (χ4n) is 2.78. The Balaban J connectivity index is 1.91. The predicted octanol–water partition coefficient (Wildman–Crippen LogP) is 2.34. The Kier molecular flexibility index (Phi) is 4.04. The number of carbonyl (C=O) groups is 1.